The Kier molecular flexibility index (Phi) is 3.08. The van der Waals surface area contributed by atoms with E-state index in [1.165, 1.54) is 0 Å². The molecule has 4 heteroatoms. The minimum absolute atomic E-state index is 0.0443. The largest absolute Gasteiger partial charge is 0.395 e. The van der Waals surface area contributed by atoms with Gasteiger partial charge in [0.2, 0.25) is 0 Å². The van der Waals surface area contributed by atoms with Gasteiger partial charge < -0.3 is 20.3 Å². The Bertz CT molecular complexity index is 79.0. The number of ether oxygens (including phenoxy) is 1. The summed E-state index contributed by atoms with van der Waals surface area (Å²) in [6.45, 7) is 1.26. The predicted octanol–water partition coefficient (Wildman–Crippen LogP) is -1.67. The van der Waals surface area contributed by atoms with E-state index in [0.29, 0.717) is 13.2 Å². The number of aliphatic hydroxyl groups is 2. The van der Waals surface area contributed by atoms with Gasteiger partial charge in [0, 0.05) is 6.54 Å². The number of morpholine rings is 1. The average Bonchev–Trinajstić information content (AvgIpc) is 2.05. The highest BCUT2D eigenvalue weighted by Gasteiger charge is 2.18. The summed E-state index contributed by atoms with van der Waals surface area (Å²) < 4.78 is 5.16. The van der Waals surface area contributed by atoms with Crippen LogP contribution in [-0.4, -0.2) is 48.7 Å². The van der Waals surface area contributed by atoms with E-state index < -0.39 is 0 Å². The normalized spacial score (nSPS) is 34.2. The Balaban J connectivity index is 2.17. The summed E-state index contributed by atoms with van der Waals surface area (Å²) >= 11 is 0. The van der Waals surface area contributed by atoms with E-state index in [1.807, 2.05) is 0 Å². The molecule has 0 bridgehead atoms. The second-order valence-electron chi connectivity index (χ2n) is 2.43. The minimum Gasteiger partial charge on any atom is -0.395 e. The van der Waals surface area contributed by atoms with Crippen LogP contribution in [0.2, 0.25) is 0 Å². The highest BCUT2D eigenvalue weighted by atomic mass is 16.5. The molecule has 0 spiro atoms. The van der Waals surface area contributed by atoms with Gasteiger partial charge in [-0.1, -0.05) is 0 Å². The smallest absolute Gasteiger partial charge is 0.0930 e. The van der Waals surface area contributed by atoms with Crippen molar-refractivity contribution < 1.29 is 14.9 Å². The molecular weight excluding hydrogens is 134 g/mol. The van der Waals surface area contributed by atoms with E-state index in [1.54, 1.807) is 0 Å². The third-order valence-corrected chi connectivity index (χ3v) is 1.59. The first kappa shape index (κ1) is 7.94. The maximum Gasteiger partial charge on any atom is 0.0930 e. The molecule has 0 aromatic carbocycles. The zero-order valence-corrected chi connectivity index (χ0v) is 5.79. The first-order valence-electron chi connectivity index (χ1n) is 3.43. The molecule has 1 aliphatic rings. The molecule has 4 nitrogen and oxygen atoms in total. The zero-order valence-electron chi connectivity index (χ0n) is 5.79. The van der Waals surface area contributed by atoms with Crippen LogP contribution in [0.25, 0.3) is 0 Å². The Morgan fingerprint density at radius 3 is 2.60 bits per heavy atom. The van der Waals surface area contributed by atoms with Crippen LogP contribution < -0.4 is 5.32 Å². The van der Waals surface area contributed by atoms with Crippen LogP contribution in [0.4, 0.5) is 0 Å². The molecule has 1 heterocycles. The van der Waals surface area contributed by atoms with Crippen LogP contribution in [-0.2, 0) is 4.74 Å². The van der Waals surface area contributed by atoms with E-state index in [-0.39, 0.29) is 25.4 Å². The molecule has 0 saturated carbocycles. The molecule has 3 N–H and O–H groups in total. The first-order valence-corrected chi connectivity index (χ1v) is 3.43. The molecule has 2 atom stereocenters. The van der Waals surface area contributed by atoms with E-state index in [9.17, 15) is 0 Å². The van der Waals surface area contributed by atoms with E-state index in [4.69, 9.17) is 14.9 Å². The van der Waals surface area contributed by atoms with Crippen molar-refractivity contribution in [1.82, 2.24) is 5.32 Å². The Labute approximate surface area is 59.8 Å². The van der Waals surface area contributed by atoms with Gasteiger partial charge in [-0.15, -0.1) is 0 Å². The van der Waals surface area contributed by atoms with Crippen LogP contribution in [0, 0.1) is 0 Å². The van der Waals surface area contributed by atoms with Crippen molar-refractivity contribution in [3.63, 3.8) is 0 Å². The SMILES string of the molecule is OCC1COC(CO)CN1. The van der Waals surface area contributed by atoms with E-state index >= 15 is 0 Å². The molecule has 0 aliphatic carbocycles. The lowest BCUT2D eigenvalue weighted by molar-refractivity contribution is -0.0342. The van der Waals surface area contributed by atoms with Gasteiger partial charge in [0.1, 0.15) is 0 Å². The molecule has 0 amide bonds. The van der Waals surface area contributed by atoms with Gasteiger partial charge in [-0.05, 0) is 0 Å². The quantitative estimate of drug-likeness (QED) is 0.437. The van der Waals surface area contributed by atoms with Gasteiger partial charge in [-0.3, -0.25) is 0 Å². The summed E-state index contributed by atoms with van der Waals surface area (Å²) in [4.78, 5) is 0. The number of rotatable bonds is 2. The van der Waals surface area contributed by atoms with Crippen molar-refractivity contribution in [3.05, 3.63) is 0 Å². The van der Waals surface area contributed by atoms with Gasteiger partial charge in [0.05, 0.1) is 32.0 Å². The van der Waals surface area contributed by atoms with Gasteiger partial charge >= 0.3 is 0 Å². The summed E-state index contributed by atoms with van der Waals surface area (Å²) in [7, 11) is 0. The molecule has 0 aromatic rings. The molecule has 0 aromatic heterocycles. The predicted molar refractivity (Wildman–Crippen MR) is 35.7 cm³/mol. The van der Waals surface area contributed by atoms with Crippen molar-refractivity contribution >= 4 is 0 Å². The van der Waals surface area contributed by atoms with E-state index in [2.05, 4.69) is 5.32 Å². The molecule has 0 radical (unpaired) electrons. The number of nitrogens with one attached hydrogen (secondary N) is 1. The zero-order chi connectivity index (χ0) is 7.40. The lowest BCUT2D eigenvalue weighted by atomic mass is 10.2. The minimum atomic E-state index is -0.0946. The van der Waals surface area contributed by atoms with Crippen LogP contribution in [0.5, 0.6) is 0 Å². The Hall–Kier alpha value is -0.160. The van der Waals surface area contributed by atoms with Crippen LogP contribution in [0.15, 0.2) is 0 Å². The highest BCUT2D eigenvalue weighted by molar-refractivity contribution is 4.74. The second-order valence-corrected chi connectivity index (χ2v) is 2.43. The molecular formula is C6H13NO3. The van der Waals surface area contributed by atoms with E-state index in [0.717, 1.165) is 0 Å². The Morgan fingerprint density at radius 1 is 1.40 bits per heavy atom. The molecule has 60 valence electrons. The van der Waals surface area contributed by atoms with Crippen molar-refractivity contribution in [2.45, 2.75) is 12.1 Å². The Morgan fingerprint density at radius 2 is 2.20 bits per heavy atom. The van der Waals surface area contributed by atoms with Crippen LogP contribution in [0.1, 0.15) is 0 Å². The summed E-state index contributed by atoms with van der Waals surface area (Å²) in [5.74, 6) is 0. The first-order chi connectivity index (χ1) is 4.86. The summed E-state index contributed by atoms with van der Waals surface area (Å²) in [5, 5.41) is 20.3. The lowest BCUT2D eigenvalue weighted by Crippen LogP contribution is -2.49. The topological polar surface area (TPSA) is 61.7 Å². The van der Waals surface area contributed by atoms with Crippen molar-refractivity contribution in [2.24, 2.45) is 0 Å². The standard InChI is InChI=1S/C6H13NO3/c8-2-5-4-10-6(3-9)1-7-5/h5-9H,1-4H2. The van der Waals surface area contributed by atoms with Gasteiger partial charge in [0.15, 0.2) is 0 Å². The number of hydrogen-bond donors (Lipinski definition) is 3. The maximum atomic E-state index is 8.64. The summed E-state index contributed by atoms with van der Waals surface area (Å²) in [6, 6.07) is 0.0443. The monoisotopic (exact) mass is 147 g/mol. The fourth-order valence-electron chi connectivity index (χ4n) is 0.903. The number of aliphatic hydroxyl groups excluding tert-OH is 2. The van der Waals surface area contributed by atoms with Gasteiger partial charge in [0.25, 0.3) is 0 Å². The van der Waals surface area contributed by atoms with Gasteiger partial charge in [-0.2, -0.15) is 0 Å². The molecule has 2 unspecified atom stereocenters. The second kappa shape index (κ2) is 3.88. The summed E-state index contributed by atoms with van der Waals surface area (Å²) in [6.07, 6.45) is -0.0946. The van der Waals surface area contributed by atoms with Crippen molar-refractivity contribution in [2.75, 3.05) is 26.4 Å². The maximum absolute atomic E-state index is 8.64. The highest BCUT2D eigenvalue weighted by Crippen LogP contribution is 1.98. The van der Waals surface area contributed by atoms with Crippen molar-refractivity contribution in [1.29, 1.82) is 0 Å². The van der Waals surface area contributed by atoms with Crippen LogP contribution in [0.3, 0.4) is 0 Å². The number of hydrogen-bond acceptors (Lipinski definition) is 4. The fraction of sp³-hybridized carbons (Fsp3) is 1.00. The summed E-state index contributed by atoms with van der Waals surface area (Å²) in [5.41, 5.74) is 0. The van der Waals surface area contributed by atoms with Gasteiger partial charge in [-0.25, -0.2) is 0 Å². The fourth-order valence-corrected chi connectivity index (χ4v) is 0.903. The molecule has 1 rings (SSSR count). The molecule has 1 aliphatic heterocycles. The molecule has 1 fully saturated rings. The van der Waals surface area contributed by atoms with Crippen molar-refractivity contribution in [3.8, 4) is 0 Å². The molecule has 1 saturated heterocycles. The third-order valence-electron chi connectivity index (χ3n) is 1.59. The average molecular weight is 147 g/mol. The molecule has 10 heavy (non-hydrogen) atoms. The lowest BCUT2D eigenvalue weighted by Gasteiger charge is -2.27. The third kappa shape index (κ3) is 1.91. The van der Waals surface area contributed by atoms with Crippen LogP contribution >= 0.6 is 0 Å².